The van der Waals surface area contributed by atoms with Crippen molar-refractivity contribution in [3.05, 3.63) is 82.3 Å². The van der Waals surface area contributed by atoms with Crippen molar-refractivity contribution in [1.29, 1.82) is 0 Å². The Hall–Kier alpha value is -3.48. The first-order chi connectivity index (χ1) is 15.9. The van der Waals surface area contributed by atoms with Crippen LogP contribution in [-0.4, -0.2) is 35.8 Å². The van der Waals surface area contributed by atoms with E-state index in [0.717, 1.165) is 12.0 Å². The highest BCUT2D eigenvalue weighted by Crippen LogP contribution is 2.38. The Balaban J connectivity index is 1.91. The van der Waals surface area contributed by atoms with Crippen molar-refractivity contribution in [3.8, 4) is 0 Å². The molecule has 1 aliphatic rings. The molecular weight excluding hydrogens is 423 g/mol. The third kappa shape index (κ3) is 5.48. The summed E-state index contributed by atoms with van der Waals surface area (Å²) in [6.07, 6.45) is 0.813. The van der Waals surface area contributed by atoms with Crippen LogP contribution in [0.5, 0.6) is 0 Å². The zero-order valence-corrected chi connectivity index (χ0v) is 19.2. The summed E-state index contributed by atoms with van der Waals surface area (Å²) >= 11 is 0. The first kappa shape index (κ1) is 24.2. The lowest BCUT2D eigenvalue weighted by molar-refractivity contribution is -0.140. The van der Waals surface area contributed by atoms with Gasteiger partial charge in [-0.15, -0.1) is 0 Å². The molecule has 33 heavy (non-hydrogen) atoms. The SMILES string of the molecule is CCCNC(=O)c1ccc(CN2C(=O)CC(c3ccccc3F)C(C(=O)OCC)=C2C)cc1. The van der Waals surface area contributed by atoms with E-state index in [1.54, 1.807) is 56.3 Å². The van der Waals surface area contributed by atoms with Crippen molar-refractivity contribution in [2.75, 3.05) is 13.2 Å². The molecule has 1 aliphatic heterocycles. The van der Waals surface area contributed by atoms with Crippen LogP contribution in [0.2, 0.25) is 0 Å². The highest BCUT2D eigenvalue weighted by Gasteiger charge is 2.37. The summed E-state index contributed by atoms with van der Waals surface area (Å²) in [4.78, 5) is 39.6. The molecule has 0 saturated heterocycles. The molecule has 1 atom stereocenters. The molecule has 0 fully saturated rings. The predicted molar refractivity (Wildman–Crippen MR) is 123 cm³/mol. The summed E-state index contributed by atoms with van der Waals surface area (Å²) in [5.41, 5.74) is 2.38. The molecular formula is C26H29FN2O4. The van der Waals surface area contributed by atoms with E-state index < -0.39 is 17.7 Å². The third-order valence-corrected chi connectivity index (χ3v) is 5.69. The molecule has 7 heteroatoms. The Morgan fingerprint density at radius 2 is 1.82 bits per heavy atom. The van der Waals surface area contributed by atoms with Crippen molar-refractivity contribution < 1.29 is 23.5 Å². The van der Waals surface area contributed by atoms with Crippen LogP contribution in [0.4, 0.5) is 4.39 Å². The minimum absolute atomic E-state index is 0.0378. The van der Waals surface area contributed by atoms with Crippen molar-refractivity contribution in [2.24, 2.45) is 0 Å². The molecule has 1 unspecified atom stereocenters. The number of halogens is 1. The number of benzene rings is 2. The summed E-state index contributed by atoms with van der Waals surface area (Å²) < 4.78 is 19.8. The molecule has 0 bridgehead atoms. The minimum Gasteiger partial charge on any atom is -0.463 e. The topological polar surface area (TPSA) is 75.7 Å². The maximum Gasteiger partial charge on any atom is 0.336 e. The van der Waals surface area contributed by atoms with Gasteiger partial charge in [-0.1, -0.05) is 37.3 Å². The number of rotatable bonds is 8. The van der Waals surface area contributed by atoms with Gasteiger partial charge in [-0.2, -0.15) is 0 Å². The molecule has 0 radical (unpaired) electrons. The average molecular weight is 453 g/mol. The second kappa shape index (κ2) is 10.9. The molecule has 0 spiro atoms. The van der Waals surface area contributed by atoms with Crippen LogP contribution in [0.15, 0.2) is 59.8 Å². The molecule has 1 heterocycles. The third-order valence-electron chi connectivity index (χ3n) is 5.69. The minimum atomic E-state index is -0.710. The van der Waals surface area contributed by atoms with E-state index in [1.807, 2.05) is 6.92 Å². The van der Waals surface area contributed by atoms with Gasteiger partial charge in [0.25, 0.3) is 5.91 Å². The van der Waals surface area contributed by atoms with E-state index in [4.69, 9.17) is 4.74 Å². The summed E-state index contributed by atoms with van der Waals surface area (Å²) in [6.45, 7) is 6.38. The van der Waals surface area contributed by atoms with E-state index in [9.17, 15) is 18.8 Å². The lowest BCUT2D eigenvalue weighted by Crippen LogP contribution is -2.38. The normalized spacial score (nSPS) is 16.1. The number of amides is 2. The monoisotopic (exact) mass is 452 g/mol. The molecule has 3 rings (SSSR count). The lowest BCUT2D eigenvalue weighted by Gasteiger charge is -2.34. The fourth-order valence-corrected chi connectivity index (χ4v) is 3.98. The van der Waals surface area contributed by atoms with Crippen LogP contribution in [0.1, 0.15) is 61.0 Å². The van der Waals surface area contributed by atoms with Gasteiger partial charge in [-0.05, 0) is 49.6 Å². The van der Waals surface area contributed by atoms with Gasteiger partial charge in [-0.3, -0.25) is 9.59 Å². The molecule has 0 aliphatic carbocycles. The fourth-order valence-electron chi connectivity index (χ4n) is 3.98. The van der Waals surface area contributed by atoms with Gasteiger partial charge in [0, 0.05) is 30.1 Å². The number of nitrogens with one attached hydrogen (secondary N) is 1. The number of esters is 1. The molecule has 0 saturated carbocycles. The van der Waals surface area contributed by atoms with E-state index in [0.29, 0.717) is 23.4 Å². The standard InChI is InChI=1S/C26H29FN2O4/c1-4-14-28-25(31)19-12-10-18(11-13-19)16-29-17(3)24(26(32)33-5-2)21(15-23(29)30)20-8-6-7-9-22(20)27/h6-13,21H,4-5,14-16H2,1-3H3,(H,28,31). The molecule has 174 valence electrons. The summed E-state index contributed by atoms with van der Waals surface area (Å²) in [7, 11) is 0. The number of carbonyl (C=O) groups is 3. The zero-order valence-electron chi connectivity index (χ0n) is 19.2. The van der Waals surface area contributed by atoms with Gasteiger partial charge < -0.3 is 15.0 Å². The summed E-state index contributed by atoms with van der Waals surface area (Å²) in [6, 6.07) is 13.2. The average Bonchev–Trinajstić information content (AvgIpc) is 2.80. The fraction of sp³-hybridized carbons (Fsp3) is 0.346. The van der Waals surface area contributed by atoms with E-state index in [-0.39, 0.29) is 37.0 Å². The zero-order chi connectivity index (χ0) is 24.0. The number of hydrogen-bond acceptors (Lipinski definition) is 4. The van der Waals surface area contributed by atoms with Crippen LogP contribution < -0.4 is 5.32 Å². The number of ether oxygens (including phenoxy) is 1. The van der Waals surface area contributed by atoms with Gasteiger partial charge in [0.15, 0.2) is 0 Å². The van der Waals surface area contributed by atoms with Crippen LogP contribution in [0.3, 0.4) is 0 Å². The van der Waals surface area contributed by atoms with Crippen molar-refractivity contribution in [2.45, 2.75) is 46.1 Å². The van der Waals surface area contributed by atoms with Gasteiger partial charge >= 0.3 is 5.97 Å². The number of carbonyl (C=O) groups excluding carboxylic acids is 3. The van der Waals surface area contributed by atoms with E-state index in [1.165, 1.54) is 11.0 Å². The summed E-state index contributed by atoms with van der Waals surface area (Å²) in [5.74, 6) is -2.08. The van der Waals surface area contributed by atoms with Crippen LogP contribution in [-0.2, 0) is 20.9 Å². The van der Waals surface area contributed by atoms with Crippen LogP contribution >= 0.6 is 0 Å². The first-order valence-electron chi connectivity index (χ1n) is 11.2. The Bertz CT molecular complexity index is 1060. The highest BCUT2D eigenvalue weighted by atomic mass is 19.1. The maximum absolute atomic E-state index is 14.5. The Labute approximate surface area is 193 Å². The Morgan fingerprint density at radius 3 is 2.45 bits per heavy atom. The predicted octanol–water partition coefficient (Wildman–Crippen LogP) is 4.32. The largest absolute Gasteiger partial charge is 0.463 e. The maximum atomic E-state index is 14.5. The molecule has 0 aromatic heterocycles. The van der Waals surface area contributed by atoms with Crippen LogP contribution in [0, 0.1) is 5.82 Å². The number of nitrogens with zero attached hydrogens (tertiary/aromatic N) is 1. The van der Waals surface area contributed by atoms with Gasteiger partial charge in [0.05, 0.1) is 18.7 Å². The second-order valence-corrected chi connectivity index (χ2v) is 7.93. The van der Waals surface area contributed by atoms with Gasteiger partial charge in [0.1, 0.15) is 5.82 Å². The van der Waals surface area contributed by atoms with E-state index >= 15 is 0 Å². The van der Waals surface area contributed by atoms with Crippen molar-refractivity contribution >= 4 is 17.8 Å². The molecule has 2 aromatic rings. The highest BCUT2D eigenvalue weighted by molar-refractivity contribution is 5.96. The number of allylic oxidation sites excluding steroid dienone is 1. The smallest absolute Gasteiger partial charge is 0.336 e. The first-order valence-corrected chi connectivity index (χ1v) is 11.2. The van der Waals surface area contributed by atoms with Crippen LogP contribution in [0.25, 0.3) is 0 Å². The molecule has 1 N–H and O–H groups in total. The lowest BCUT2D eigenvalue weighted by atomic mass is 9.83. The quantitative estimate of drug-likeness (QED) is 0.606. The Morgan fingerprint density at radius 1 is 1.12 bits per heavy atom. The molecule has 2 amide bonds. The van der Waals surface area contributed by atoms with Crippen molar-refractivity contribution in [3.63, 3.8) is 0 Å². The molecule has 6 nitrogen and oxygen atoms in total. The number of hydrogen-bond donors (Lipinski definition) is 1. The summed E-state index contributed by atoms with van der Waals surface area (Å²) in [5, 5.41) is 2.83. The van der Waals surface area contributed by atoms with E-state index in [2.05, 4.69) is 5.32 Å². The Kier molecular flexibility index (Phi) is 7.98. The molecule has 2 aromatic carbocycles. The van der Waals surface area contributed by atoms with Crippen molar-refractivity contribution in [1.82, 2.24) is 10.2 Å². The van der Waals surface area contributed by atoms with Gasteiger partial charge in [0.2, 0.25) is 5.91 Å². The van der Waals surface area contributed by atoms with Gasteiger partial charge in [-0.25, -0.2) is 9.18 Å². The second-order valence-electron chi connectivity index (χ2n) is 7.93.